The van der Waals surface area contributed by atoms with Gasteiger partial charge < -0.3 is 0 Å². The van der Waals surface area contributed by atoms with E-state index in [0.29, 0.717) is 11.2 Å². The zero-order valence-electron chi connectivity index (χ0n) is 8.98. The average molecular weight is 228 g/mol. The van der Waals surface area contributed by atoms with Gasteiger partial charge in [-0.05, 0) is 17.3 Å². The number of rotatable bonds is 1. The molecular formula is C10H8N6O. The lowest BCUT2D eigenvalue weighted by molar-refractivity contribution is 0.630. The fourth-order valence-corrected chi connectivity index (χ4v) is 1.57. The summed E-state index contributed by atoms with van der Waals surface area (Å²) in [6.45, 7) is 0. The molecule has 0 radical (unpaired) electrons. The van der Waals surface area contributed by atoms with E-state index in [1.807, 2.05) is 6.07 Å². The van der Waals surface area contributed by atoms with E-state index in [1.165, 1.54) is 15.4 Å². The Labute approximate surface area is 95.3 Å². The summed E-state index contributed by atoms with van der Waals surface area (Å²) in [5.74, 6) is 0.281. The van der Waals surface area contributed by atoms with Crippen molar-refractivity contribution >= 4 is 5.65 Å². The van der Waals surface area contributed by atoms with E-state index in [0.717, 1.165) is 0 Å². The first-order chi connectivity index (χ1) is 8.25. The number of nitrogens with zero attached hydrogens (tertiary/aromatic N) is 6. The molecule has 0 bridgehead atoms. The van der Waals surface area contributed by atoms with Gasteiger partial charge in [0.05, 0.1) is 7.05 Å². The highest BCUT2D eigenvalue weighted by Gasteiger charge is 2.11. The van der Waals surface area contributed by atoms with E-state index in [2.05, 4.69) is 20.4 Å². The Hall–Kier alpha value is -2.57. The summed E-state index contributed by atoms with van der Waals surface area (Å²) in [5, 5.41) is 11.5. The lowest BCUT2D eigenvalue weighted by Gasteiger charge is -1.99. The highest BCUT2D eigenvalue weighted by molar-refractivity contribution is 5.53. The molecule has 0 aromatic carbocycles. The maximum Gasteiger partial charge on any atom is 0.269 e. The quantitative estimate of drug-likeness (QED) is 0.580. The van der Waals surface area contributed by atoms with Gasteiger partial charge in [-0.1, -0.05) is 6.07 Å². The summed E-state index contributed by atoms with van der Waals surface area (Å²) < 4.78 is 1.45. The lowest BCUT2D eigenvalue weighted by Crippen LogP contribution is -2.16. The first kappa shape index (κ1) is 9.64. The van der Waals surface area contributed by atoms with Crippen molar-refractivity contribution in [3.63, 3.8) is 0 Å². The molecule has 3 heterocycles. The highest BCUT2D eigenvalue weighted by atomic mass is 16.1. The molecule has 0 amide bonds. The van der Waals surface area contributed by atoms with Gasteiger partial charge in [0, 0.05) is 12.4 Å². The molecule has 0 atom stereocenters. The standard InChI is InChI=1S/C10H8N6O/c1-15-13-9(12-14-15)7-6-11-8-4-2-3-5-16(8)10(7)17/h2-6H,1H3. The second kappa shape index (κ2) is 3.48. The normalized spacial score (nSPS) is 10.9. The maximum atomic E-state index is 12.1. The molecule has 0 saturated heterocycles. The number of fused-ring (bicyclic) bond motifs is 1. The Morgan fingerprint density at radius 1 is 1.29 bits per heavy atom. The Balaban J connectivity index is 2.32. The highest BCUT2D eigenvalue weighted by Crippen LogP contribution is 2.07. The van der Waals surface area contributed by atoms with Gasteiger partial charge >= 0.3 is 0 Å². The van der Waals surface area contributed by atoms with Crippen LogP contribution in [0.1, 0.15) is 0 Å². The third-order valence-corrected chi connectivity index (χ3v) is 2.36. The smallest absolute Gasteiger partial charge is 0.268 e. The monoisotopic (exact) mass is 228 g/mol. The fraction of sp³-hybridized carbons (Fsp3) is 0.100. The molecular weight excluding hydrogens is 220 g/mol. The average Bonchev–Trinajstić information content (AvgIpc) is 2.77. The van der Waals surface area contributed by atoms with Crippen LogP contribution in [0, 0.1) is 0 Å². The van der Waals surface area contributed by atoms with Gasteiger partial charge in [-0.3, -0.25) is 9.20 Å². The number of pyridine rings is 1. The molecule has 3 rings (SSSR count). The molecule has 0 aliphatic rings. The maximum absolute atomic E-state index is 12.1. The van der Waals surface area contributed by atoms with E-state index >= 15 is 0 Å². The van der Waals surface area contributed by atoms with Crippen LogP contribution in [0.25, 0.3) is 17.0 Å². The van der Waals surface area contributed by atoms with Crippen molar-refractivity contribution in [1.82, 2.24) is 29.6 Å². The van der Waals surface area contributed by atoms with Crippen molar-refractivity contribution in [3.05, 3.63) is 40.9 Å². The summed E-state index contributed by atoms with van der Waals surface area (Å²) in [5.41, 5.74) is 0.718. The van der Waals surface area contributed by atoms with Gasteiger partial charge in [0.15, 0.2) is 0 Å². The first-order valence-electron chi connectivity index (χ1n) is 4.96. The molecule has 7 heteroatoms. The molecule has 0 fully saturated rings. The molecule has 0 N–H and O–H groups in total. The first-order valence-corrected chi connectivity index (χ1v) is 4.96. The van der Waals surface area contributed by atoms with Crippen molar-refractivity contribution in [2.24, 2.45) is 7.05 Å². The molecule has 3 aromatic heterocycles. The Morgan fingerprint density at radius 2 is 2.18 bits per heavy atom. The van der Waals surface area contributed by atoms with E-state index in [1.54, 1.807) is 25.4 Å². The van der Waals surface area contributed by atoms with Crippen LogP contribution in [-0.4, -0.2) is 29.6 Å². The SMILES string of the molecule is Cn1nnc(-c2cnc3ccccn3c2=O)n1. The minimum atomic E-state index is -0.205. The van der Waals surface area contributed by atoms with Gasteiger partial charge in [0.2, 0.25) is 5.82 Å². The van der Waals surface area contributed by atoms with E-state index in [-0.39, 0.29) is 11.4 Å². The van der Waals surface area contributed by atoms with Crippen molar-refractivity contribution < 1.29 is 0 Å². The van der Waals surface area contributed by atoms with Crippen LogP contribution in [0.4, 0.5) is 0 Å². The second-order valence-electron chi connectivity index (χ2n) is 3.51. The Bertz CT molecular complexity index is 744. The molecule has 7 nitrogen and oxygen atoms in total. The predicted molar refractivity (Wildman–Crippen MR) is 59.3 cm³/mol. The van der Waals surface area contributed by atoms with Gasteiger partial charge in [-0.25, -0.2) is 4.98 Å². The summed E-state index contributed by atoms with van der Waals surface area (Å²) in [6.07, 6.45) is 3.12. The fourth-order valence-electron chi connectivity index (χ4n) is 1.57. The third-order valence-electron chi connectivity index (χ3n) is 2.36. The van der Waals surface area contributed by atoms with Crippen LogP contribution in [0.3, 0.4) is 0 Å². The molecule has 0 aliphatic heterocycles. The van der Waals surface area contributed by atoms with Gasteiger partial charge in [-0.15, -0.1) is 10.2 Å². The topological polar surface area (TPSA) is 78.0 Å². The van der Waals surface area contributed by atoms with Crippen molar-refractivity contribution in [3.8, 4) is 11.4 Å². The van der Waals surface area contributed by atoms with Crippen LogP contribution < -0.4 is 5.56 Å². The second-order valence-corrected chi connectivity index (χ2v) is 3.51. The van der Waals surface area contributed by atoms with Gasteiger partial charge in [-0.2, -0.15) is 4.80 Å². The number of aromatic nitrogens is 6. The zero-order valence-corrected chi connectivity index (χ0v) is 8.98. The third kappa shape index (κ3) is 1.48. The van der Waals surface area contributed by atoms with Crippen molar-refractivity contribution in [2.45, 2.75) is 0 Å². The summed E-state index contributed by atoms with van der Waals surface area (Å²) in [7, 11) is 1.64. The predicted octanol–water partition coefficient (Wildman–Crippen LogP) is -0.115. The van der Waals surface area contributed by atoms with Crippen LogP contribution in [0.5, 0.6) is 0 Å². The molecule has 0 unspecified atom stereocenters. The van der Waals surface area contributed by atoms with Crippen LogP contribution >= 0.6 is 0 Å². The van der Waals surface area contributed by atoms with Crippen LogP contribution in [-0.2, 0) is 7.05 Å². The number of hydrogen-bond acceptors (Lipinski definition) is 5. The largest absolute Gasteiger partial charge is 0.269 e. The number of hydrogen-bond donors (Lipinski definition) is 0. The molecule has 0 aliphatic carbocycles. The molecule has 0 saturated carbocycles. The Kier molecular flexibility index (Phi) is 1.97. The summed E-state index contributed by atoms with van der Waals surface area (Å²) in [6, 6.07) is 5.35. The molecule has 3 aromatic rings. The van der Waals surface area contributed by atoms with E-state index < -0.39 is 0 Å². The van der Waals surface area contributed by atoms with Crippen molar-refractivity contribution in [1.29, 1.82) is 0 Å². The van der Waals surface area contributed by atoms with E-state index in [9.17, 15) is 4.79 Å². The van der Waals surface area contributed by atoms with Crippen LogP contribution in [0.15, 0.2) is 35.4 Å². The van der Waals surface area contributed by atoms with Gasteiger partial charge in [0.25, 0.3) is 5.56 Å². The van der Waals surface area contributed by atoms with Gasteiger partial charge in [0.1, 0.15) is 11.2 Å². The van der Waals surface area contributed by atoms with Crippen LogP contribution in [0.2, 0.25) is 0 Å². The molecule has 17 heavy (non-hydrogen) atoms. The Morgan fingerprint density at radius 3 is 2.94 bits per heavy atom. The van der Waals surface area contributed by atoms with E-state index in [4.69, 9.17) is 0 Å². The number of tetrazole rings is 1. The minimum absolute atomic E-state index is 0.205. The lowest BCUT2D eigenvalue weighted by atomic mass is 10.3. The summed E-state index contributed by atoms with van der Waals surface area (Å²) in [4.78, 5) is 17.6. The molecule has 84 valence electrons. The minimum Gasteiger partial charge on any atom is -0.268 e. The van der Waals surface area contributed by atoms with Crippen molar-refractivity contribution in [2.75, 3.05) is 0 Å². The number of aryl methyl sites for hydroxylation is 1. The zero-order chi connectivity index (χ0) is 11.8. The molecule has 0 spiro atoms. The summed E-state index contributed by atoms with van der Waals surface area (Å²) >= 11 is 0.